The van der Waals surface area contributed by atoms with Gasteiger partial charge in [0.1, 0.15) is 0 Å². The lowest BCUT2D eigenvalue weighted by Crippen LogP contribution is -2.38. The van der Waals surface area contributed by atoms with Crippen molar-refractivity contribution in [3.63, 3.8) is 0 Å². The monoisotopic (exact) mass is 150 g/mol. The fourth-order valence-corrected chi connectivity index (χ4v) is 0.434. The molecule has 2 nitrogen and oxygen atoms in total. The van der Waals surface area contributed by atoms with E-state index in [1.165, 1.54) is 14.1 Å². The van der Waals surface area contributed by atoms with Crippen LogP contribution in [0.4, 0.5) is 8.78 Å². The summed E-state index contributed by atoms with van der Waals surface area (Å²) in [5.41, 5.74) is 0. The molecule has 10 heavy (non-hydrogen) atoms. The van der Waals surface area contributed by atoms with E-state index < -0.39 is 18.3 Å². The zero-order valence-corrected chi connectivity index (χ0v) is 6.03. The topological polar surface area (TPSA) is 20.3 Å². The molecule has 0 N–H and O–H groups in total. The molecule has 0 unspecified atom stereocenters. The quantitative estimate of drug-likeness (QED) is 0.573. The van der Waals surface area contributed by atoms with E-state index in [0.29, 0.717) is 0 Å². The van der Waals surface area contributed by atoms with Crippen molar-refractivity contribution in [1.82, 2.24) is 4.90 Å². The van der Waals surface area contributed by atoms with Crippen LogP contribution in [0.5, 0.6) is 0 Å². The number of carbonyl (C=O) groups excluding carboxylic acids is 1. The van der Waals surface area contributed by atoms with Gasteiger partial charge < -0.3 is 4.90 Å². The molecule has 0 saturated carbocycles. The summed E-state index contributed by atoms with van der Waals surface area (Å²) in [6.07, 6.45) is -0.690. The third kappa shape index (κ3) is 1.93. The molecule has 0 aliphatic heterocycles. The number of nitrogens with zero attached hydrogens (tertiary/aromatic N) is 1. The Labute approximate surface area is 58.8 Å². The normalized spacial score (nSPS) is 11.3. The van der Waals surface area contributed by atoms with Gasteiger partial charge >= 0.3 is 5.92 Å². The molecule has 0 spiro atoms. The molecule has 0 fully saturated rings. The molecule has 4 heteroatoms. The van der Waals surface area contributed by atoms with Crippen LogP contribution in [0.2, 0.25) is 0 Å². The number of hydrogen-bond acceptors (Lipinski definition) is 1. The first kappa shape index (κ1) is 9.33. The van der Waals surface area contributed by atoms with E-state index in [4.69, 9.17) is 0 Å². The Morgan fingerprint density at radius 3 is 2.10 bits per heavy atom. The maximum Gasteiger partial charge on any atom is 0.324 e. The number of alkyl halides is 2. The van der Waals surface area contributed by atoms with Crippen LogP contribution in [-0.4, -0.2) is 30.8 Å². The predicted octanol–water partition coefficient (Wildman–Crippen LogP) is 0.934. The smallest absolute Gasteiger partial charge is 0.324 e. The van der Waals surface area contributed by atoms with Crippen molar-refractivity contribution in [2.75, 3.05) is 14.1 Å². The molecule has 0 saturated heterocycles. The minimum atomic E-state index is -3.30. The first-order valence-corrected chi connectivity index (χ1v) is 2.80. The molecule has 0 rings (SSSR count). The van der Waals surface area contributed by atoms with E-state index >= 15 is 0 Å². The highest BCUT2D eigenvalue weighted by Crippen LogP contribution is 2.19. The molecule has 0 aromatic rings. The third-order valence-corrected chi connectivity index (χ3v) is 1.03. The van der Waals surface area contributed by atoms with Crippen LogP contribution in [0.25, 0.3) is 0 Å². The summed E-state index contributed by atoms with van der Waals surface area (Å²) in [5, 5.41) is 0. The van der Waals surface area contributed by atoms with Gasteiger partial charge in [-0.05, 0) is 6.92 Å². The van der Waals surface area contributed by atoms with Gasteiger partial charge in [-0.3, -0.25) is 4.79 Å². The molecular formula is C6H10F2NO. The van der Waals surface area contributed by atoms with E-state index in [-0.39, 0.29) is 0 Å². The molecule has 0 aliphatic carbocycles. The standard InChI is InChI=1S/C6H10F2NO/c1-4-6(7,8)5(10)9(2)3/h1,4H2,2-3H3. The summed E-state index contributed by atoms with van der Waals surface area (Å²) in [5.74, 6) is -4.49. The summed E-state index contributed by atoms with van der Waals surface area (Å²) in [4.78, 5) is 11.4. The van der Waals surface area contributed by atoms with Crippen molar-refractivity contribution in [2.45, 2.75) is 12.3 Å². The highest BCUT2D eigenvalue weighted by Gasteiger charge is 2.37. The van der Waals surface area contributed by atoms with Crippen molar-refractivity contribution < 1.29 is 13.6 Å². The minimum absolute atomic E-state index is 0.690. The number of carbonyl (C=O) groups is 1. The zero-order valence-electron chi connectivity index (χ0n) is 6.03. The van der Waals surface area contributed by atoms with Crippen molar-refractivity contribution in [3.05, 3.63) is 6.92 Å². The summed E-state index contributed by atoms with van der Waals surface area (Å²) in [7, 11) is 2.57. The fourth-order valence-electron chi connectivity index (χ4n) is 0.434. The molecular weight excluding hydrogens is 140 g/mol. The van der Waals surface area contributed by atoms with Gasteiger partial charge in [0.05, 0.1) is 0 Å². The predicted molar refractivity (Wildman–Crippen MR) is 33.6 cm³/mol. The van der Waals surface area contributed by atoms with Gasteiger partial charge in [0.25, 0.3) is 5.91 Å². The van der Waals surface area contributed by atoms with E-state index in [1.54, 1.807) is 0 Å². The van der Waals surface area contributed by atoms with Crippen molar-refractivity contribution in [2.24, 2.45) is 0 Å². The maximum atomic E-state index is 12.3. The fraction of sp³-hybridized carbons (Fsp3) is 0.667. The van der Waals surface area contributed by atoms with Crippen molar-refractivity contribution in [1.29, 1.82) is 0 Å². The molecule has 0 bridgehead atoms. The van der Waals surface area contributed by atoms with Gasteiger partial charge in [-0.25, -0.2) is 0 Å². The highest BCUT2D eigenvalue weighted by molar-refractivity contribution is 5.82. The SMILES string of the molecule is [CH2]CC(F)(F)C(=O)N(C)C. The largest absolute Gasteiger partial charge is 0.344 e. The Kier molecular flexibility index (Phi) is 2.75. The molecule has 0 aliphatic rings. The van der Waals surface area contributed by atoms with Crippen molar-refractivity contribution in [3.8, 4) is 0 Å². The summed E-state index contributed by atoms with van der Waals surface area (Å²) >= 11 is 0. The average Bonchev–Trinajstić information content (AvgIpc) is 1.86. The lowest BCUT2D eigenvalue weighted by Gasteiger charge is -2.17. The van der Waals surface area contributed by atoms with Gasteiger partial charge in [-0.2, -0.15) is 8.78 Å². The van der Waals surface area contributed by atoms with Crippen LogP contribution in [0.1, 0.15) is 6.42 Å². The molecule has 1 radical (unpaired) electrons. The van der Waals surface area contributed by atoms with E-state index in [2.05, 4.69) is 6.92 Å². The van der Waals surface area contributed by atoms with Gasteiger partial charge in [0, 0.05) is 20.5 Å². The Balaban J connectivity index is 4.19. The van der Waals surface area contributed by atoms with Gasteiger partial charge in [-0.15, -0.1) is 0 Å². The Morgan fingerprint density at radius 1 is 1.60 bits per heavy atom. The van der Waals surface area contributed by atoms with Crippen LogP contribution in [0, 0.1) is 6.92 Å². The second-order valence-electron chi connectivity index (χ2n) is 2.15. The van der Waals surface area contributed by atoms with Crippen LogP contribution in [0.3, 0.4) is 0 Å². The number of rotatable bonds is 2. The number of halogens is 2. The van der Waals surface area contributed by atoms with E-state index in [0.717, 1.165) is 4.90 Å². The summed E-state index contributed by atoms with van der Waals surface area (Å²) in [6, 6.07) is 0. The molecule has 0 atom stereocenters. The van der Waals surface area contributed by atoms with Crippen molar-refractivity contribution >= 4 is 5.91 Å². The first-order chi connectivity index (χ1) is 4.41. The molecule has 0 heterocycles. The highest BCUT2D eigenvalue weighted by atomic mass is 19.3. The van der Waals surface area contributed by atoms with Crippen LogP contribution >= 0.6 is 0 Å². The van der Waals surface area contributed by atoms with Gasteiger partial charge in [0.2, 0.25) is 0 Å². The average molecular weight is 150 g/mol. The van der Waals surface area contributed by atoms with E-state index in [9.17, 15) is 13.6 Å². The lowest BCUT2D eigenvalue weighted by atomic mass is 10.2. The van der Waals surface area contributed by atoms with Crippen LogP contribution in [0.15, 0.2) is 0 Å². The Morgan fingerprint density at radius 2 is 2.00 bits per heavy atom. The summed E-state index contributed by atoms with van der Waals surface area (Å²) in [6.45, 7) is 2.96. The van der Waals surface area contributed by atoms with E-state index in [1.807, 2.05) is 0 Å². The second kappa shape index (κ2) is 2.94. The van der Waals surface area contributed by atoms with Crippen LogP contribution in [-0.2, 0) is 4.79 Å². The van der Waals surface area contributed by atoms with Gasteiger partial charge in [0.15, 0.2) is 0 Å². The third-order valence-electron chi connectivity index (χ3n) is 1.03. The van der Waals surface area contributed by atoms with Crippen LogP contribution < -0.4 is 0 Å². The number of amides is 1. The maximum absolute atomic E-state index is 12.3. The minimum Gasteiger partial charge on any atom is -0.344 e. The lowest BCUT2D eigenvalue weighted by molar-refractivity contribution is -0.154. The Hall–Kier alpha value is -0.670. The first-order valence-electron chi connectivity index (χ1n) is 2.80. The van der Waals surface area contributed by atoms with Gasteiger partial charge in [-0.1, -0.05) is 0 Å². The second-order valence-corrected chi connectivity index (χ2v) is 2.15. The molecule has 1 amide bonds. The summed E-state index contributed by atoms with van der Waals surface area (Å²) < 4.78 is 24.7. The number of hydrogen-bond donors (Lipinski definition) is 0. The molecule has 59 valence electrons. The zero-order chi connectivity index (χ0) is 8.36. The Bertz CT molecular complexity index is 134. The molecule has 0 aromatic heterocycles. The molecule has 0 aromatic carbocycles.